The lowest BCUT2D eigenvalue weighted by Crippen LogP contribution is -2.46. The summed E-state index contributed by atoms with van der Waals surface area (Å²) in [4.78, 5) is 25.5. The summed E-state index contributed by atoms with van der Waals surface area (Å²) < 4.78 is 25.3. The van der Waals surface area contributed by atoms with Crippen LogP contribution >= 0.6 is 0 Å². The van der Waals surface area contributed by atoms with Crippen molar-refractivity contribution >= 4 is 21.8 Å². The SMILES string of the molecule is CCS(=O)(=O)N1CCC[C@H](C(=O)NCCCN2CCCC2=O)C1. The summed E-state index contributed by atoms with van der Waals surface area (Å²) in [6.07, 6.45) is 3.75. The average Bonchev–Trinajstić information content (AvgIpc) is 2.96. The Morgan fingerprint density at radius 3 is 2.74 bits per heavy atom. The molecule has 2 saturated heterocycles. The molecule has 2 fully saturated rings. The van der Waals surface area contributed by atoms with Crippen LogP contribution in [0.5, 0.6) is 0 Å². The topological polar surface area (TPSA) is 86.8 Å². The van der Waals surface area contributed by atoms with Crippen molar-refractivity contribution < 1.29 is 18.0 Å². The lowest BCUT2D eigenvalue weighted by molar-refractivity contribution is -0.127. The molecule has 0 unspecified atom stereocenters. The van der Waals surface area contributed by atoms with E-state index in [2.05, 4.69) is 5.32 Å². The first-order valence-electron chi connectivity index (χ1n) is 8.47. The third-order valence-corrected chi connectivity index (χ3v) is 6.44. The third-order valence-electron chi connectivity index (χ3n) is 4.59. The van der Waals surface area contributed by atoms with Gasteiger partial charge in [0, 0.05) is 39.1 Å². The molecule has 0 bridgehead atoms. The minimum Gasteiger partial charge on any atom is -0.356 e. The molecule has 2 amide bonds. The maximum atomic E-state index is 12.2. The smallest absolute Gasteiger partial charge is 0.224 e. The number of carbonyl (C=O) groups is 2. The Labute approximate surface area is 138 Å². The Bertz CT molecular complexity index is 535. The Morgan fingerprint density at radius 1 is 1.30 bits per heavy atom. The van der Waals surface area contributed by atoms with E-state index in [4.69, 9.17) is 0 Å². The van der Waals surface area contributed by atoms with Gasteiger partial charge in [0.2, 0.25) is 21.8 Å². The fourth-order valence-electron chi connectivity index (χ4n) is 3.16. The molecule has 8 heteroatoms. The summed E-state index contributed by atoms with van der Waals surface area (Å²) in [5.74, 6) is -0.0677. The molecule has 132 valence electrons. The van der Waals surface area contributed by atoms with Crippen LogP contribution in [0.4, 0.5) is 0 Å². The molecule has 2 heterocycles. The fraction of sp³-hybridized carbons (Fsp3) is 0.867. The standard InChI is InChI=1S/C15H27N3O4S/c1-2-23(21,22)18-11-3-6-13(12-18)15(20)16-8-5-10-17-9-4-7-14(17)19/h13H,2-12H2,1H3,(H,16,20)/t13-/m0/s1. The van der Waals surface area contributed by atoms with Crippen molar-refractivity contribution in [1.29, 1.82) is 0 Å². The van der Waals surface area contributed by atoms with Crippen molar-refractivity contribution in [2.45, 2.75) is 39.0 Å². The Balaban J connectivity index is 1.71. The second-order valence-corrected chi connectivity index (χ2v) is 8.48. The zero-order valence-electron chi connectivity index (χ0n) is 13.8. The molecule has 0 aromatic rings. The number of rotatable bonds is 7. The summed E-state index contributed by atoms with van der Waals surface area (Å²) in [5.41, 5.74) is 0. The number of hydrogen-bond acceptors (Lipinski definition) is 4. The summed E-state index contributed by atoms with van der Waals surface area (Å²) in [7, 11) is -3.22. The molecule has 2 aliphatic rings. The molecule has 0 spiro atoms. The zero-order chi connectivity index (χ0) is 16.9. The molecule has 0 radical (unpaired) electrons. The number of piperidine rings is 1. The van der Waals surface area contributed by atoms with Crippen LogP contribution < -0.4 is 5.32 Å². The van der Waals surface area contributed by atoms with E-state index in [1.165, 1.54) is 4.31 Å². The van der Waals surface area contributed by atoms with E-state index in [1.807, 2.05) is 4.90 Å². The van der Waals surface area contributed by atoms with Gasteiger partial charge in [-0.15, -0.1) is 0 Å². The highest BCUT2D eigenvalue weighted by molar-refractivity contribution is 7.89. The molecular weight excluding hydrogens is 318 g/mol. The number of hydrogen-bond donors (Lipinski definition) is 1. The molecule has 2 rings (SSSR count). The number of sulfonamides is 1. The van der Waals surface area contributed by atoms with Gasteiger partial charge in [0.1, 0.15) is 0 Å². The minimum atomic E-state index is -3.22. The lowest BCUT2D eigenvalue weighted by atomic mass is 9.99. The summed E-state index contributed by atoms with van der Waals surface area (Å²) in [6.45, 7) is 4.45. The molecule has 0 saturated carbocycles. The zero-order valence-corrected chi connectivity index (χ0v) is 14.6. The van der Waals surface area contributed by atoms with Gasteiger partial charge in [-0.3, -0.25) is 9.59 Å². The van der Waals surface area contributed by atoms with Gasteiger partial charge < -0.3 is 10.2 Å². The van der Waals surface area contributed by atoms with Crippen molar-refractivity contribution in [2.75, 3.05) is 38.5 Å². The maximum absolute atomic E-state index is 12.2. The van der Waals surface area contributed by atoms with Gasteiger partial charge in [0.25, 0.3) is 0 Å². The monoisotopic (exact) mass is 345 g/mol. The normalized spacial score (nSPS) is 23.3. The van der Waals surface area contributed by atoms with Crippen molar-refractivity contribution in [3.8, 4) is 0 Å². The highest BCUT2D eigenvalue weighted by Crippen LogP contribution is 2.19. The predicted octanol–water partition coefficient (Wildman–Crippen LogP) is 0.177. The van der Waals surface area contributed by atoms with E-state index in [0.29, 0.717) is 26.1 Å². The van der Waals surface area contributed by atoms with E-state index in [9.17, 15) is 18.0 Å². The Hall–Kier alpha value is -1.15. The van der Waals surface area contributed by atoms with Gasteiger partial charge in [0.05, 0.1) is 11.7 Å². The number of amides is 2. The molecule has 7 nitrogen and oxygen atoms in total. The van der Waals surface area contributed by atoms with Crippen LogP contribution in [0.1, 0.15) is 39.0 Å². The summed E-state index contributed by atoms with van der Waals surface area (Å²) >= 11 is 0. The molecule has 1 N–H and O–H groups in total. The van der Waals surface area contributed by atoms with Crippen molar-refractivity contribution in [3.05, 3.63) is 0 Å². The molecular formula is C15H27N3O4S. The Morgan fingerprint density at radius 2 is 2.09 bits per heavy atom. The average molecular weight is 345 g/mol. The molecule has 23 heavy (non-hydrogen) atoms. The summed E-state index contributed by atoms with van der Waals surface area (Å²) in [5, 5.41) is 2.88. The molecule has 0 aliphatic carbocycles. The number of likely N-dealkylation sites (tertiary alicyclic amines) is 1. The van der Waals surface area contributed by atoms with Crippen LogP contribution in [0.2, 0.25) is 0 Å². The highest BCUT2D eigenvalue weighted by atomic mass is 32.2. The van der Waals surface area contributed by atoms with Gasteiger partial charge in [0.15, 0.2) is 0 Å². The third kappa shape index (κ3) is 4.91. The number of nitrogens with one attached hydrogen (secondary N) is 1. The van der Waals surface area contributed by atoms with E-state index >= 15 is 0 Å². The molecule has 1 atom stereocenters. The van der Waals surface area contributed by atoms with Gasteiger partial charge >= 0.3 is 0 Å². The van der Waals surface area contributed by atoms with Crippen LogP contribution in [0, 0.1) is 5.92 Å². The number of carbonyl (C=O) groups excluding carboxylic acids is 2. The van der Waals surface area contributed by atoms with Crippen LogP contribution in [0.15, 0.2) is 0 Å². The van der Waals surface area contributed by atoms with Crippen LogP contribution in [-0.4, -0.2) is 67.9 Å². The molecule has 2 aliphatic heterocycles. The van der Waals surface area contributed by atoms with Gasteiger partial charge in [-0.05, 0) is 32.6 Å². The molecule has 0 aromatic carbocycles. The van der Waals surface area contributed by atoms with E-state index in [1.54, 1.807) is 6.92 Å². The first kappa shape index (κ1) is 18.2. The predicted molar refractivity (Wildman–Crippen MR) is 87.2 cm³/mol. The van der Waals surface area contributed by atoms with E-state index in [0.717, 1.165) is 32.2 Å². The quantitative estimate of drug-likeness (QED) is 0.667. The van der Waals surface area contributed by atoms with Crippen LogP contribution in [0.25, 0.3) is 0 Å². The largest absolute Gasteiger partial charge is 0.356 e. The van der Waals surface area contributed by atoms with Crippen molar-refractivity contribution in [1.82, 2.24) is 14.5 Å². The van der Waals surface area contributed by atoms with Gasteiger partial charge in [-0.1, -0.05) is 0 Å². The van der Waals surface area contributed by atoms with Crippen molar-refractivity contribution in [2.24, 2.45) is 5.92 Å². The van der Waals surface area contributed by atoms with Gasteiger partial charge in [-0.2, -0.15) is 0 Å². The highest BCUT2D eigenvalue weighted by Gasteiger charge is 2.31. The van der Waals surface area contributed by atoms with E-state index in [-0.39, 0.29) is 30.0 Å². The first-order valence-corrected chi connectivity index (χ1v) is 10.1. The van der Waals surface area contributed by atoms with Crippen LogP contribution in [-0.2, 0) is 19.6 Å². The summed E-state index contributed by atoms with van der Waals surface area (Å²) in [6, 6.07) is 0. The lowest BCUT2D eigenvalue weighted by Gasteiger charge is -2.31. The number of nitrogens with zero attached hydrogens (tertiary/aromatic N) is 2. The minimum absolute atomic E-state index is 0.0746. The second-order valence-electron chi connectivity index (χ2n) is 6.23. The molecule has 0 aromatic heterocycles. The van der Waals surface area contributed by atoms with Gasteiger partial charge in [-0.25, -0.2) is 12.7 Å². The second kappa shape index (κ2) is 8.10. The Kier molecular flexibility index (Phi) is 6.41. The maximum Gasteiger partial charge on any atom is 0.224 e. The van der Waals surface area contributed by atoms with Crippen molar-refractivity contribution in [3.63, 3.8) is 0 Å². The first-order chi connectivity index (χ1) is 10.9. The van der Waals surface area contributed by atoms with E-state index < -0.39 is 10.0 Å². The van der Waals surface area contributed by atoms with Crippen LogP contribution in [0.3, 0.4) is 0 Å². The fourth-order valence-corrected chi connectivity index (χ4v) is 4.34.